The predicted octanol–water partition coefficient (Wildman–Crippen LogP) is 0.191. The Kier molecular flexibility index (Phi) is 3.47. The molecule has 0 unspecified atom stereocenters. The van der Waals surface area contributed by atoms with Crippen LogP contribution in [-0.4, -0.2) is 30.1 Å². The zero-order chi connectivity index (χ0) is 11.5. The van der Waals surface area contributed by atoms with Crippen molar-refractivity contribution in [1.29, 1.82) is 0 Å². The highest BCUT2D eigenvalue weighted by Crippen LogP contribution is 2.16. The second kappa shape index (κ2) is 4.44. The largest absolute Gasteiger partial charge is 0.359 e. The molecule has 5 nitrogen and oxygen atoms in total. The van der Waals surface area contributed by atoms with E-state index in [1.807, 2.05) is 11.9 Å². The van der Waals surface area contributed by atoms with E-state index in [4.69, 9.17) is 5.73 Å². The standard InChI is InChI=1S/C10H18N4O/c1-10(2,5-11)6-14(3)8-4-9(15)13-7-12-8/h4,7H,5-6,11H2,1-3H3,(H,12,13,15). The topological polar surface area (TPSA) is 75.0 Å². The summed E-state index contributed by atoms with van der Waals surface area (Å²) in [5.41, 5.74) is 5.52. The Labute approximate surface area is 89.3 Å². The number of anilines is 1. The molecule has 0 aromatic carbocycles. The number of nitrogens with one attached hydrogen (secondary N) is 1. The Balaban J connectivity index is 2.77. The summed E-state index contributed by atoms with van der Waals surface area (Å²) in [4.78, 5) is 19.6. The van der Waals surface area contributed by atoms with Gasteiger partial charge in [-0.05, 0) is 12.0 Å². The first kappa shape index (κ1) is 11.7. The molecule has 1 heterocycles. The van der Waals surface area contributed by atoms with Gasteiger partial charge >= 0.3 is 0 Å². The maximum Gasteiger partial charge on any atom is 0.252 e. The molecule has 3 N–H and O–H groups in total. The number of hydrogen-bond donors (Lipinski definition) is 2. The van der Waals surface area contributed by atoms with Crippen LogP contribution in [0.25, 0.3) is 0 Å². The molecule has 15 heavy (non-hydrogen) atoms. The van der Waals surface area contributed by atoms with E-state index in [1.54, 1.807) is 0 Å². The van der Waals surface area contributed by atoms with Crippen LogP contribution in [0.15, 0.2) is 17.2 Å². The molecule has 0 spiro atoms. The highest BCUT2D eigenvalue weighted by molar-refractivity contribution is 5.35. The molecule has 0 saturated carbocycles. The number of nitrogens with zero attached hydrogens (tertiary/aromatic N) is 2. The van der Waals surface area contributed by atoms with Crippen LogP contribution in [0.3, 0.4) is 0 Å². The Morgan fingerprint density at radius 3 is 2.80 bits per heavy atom. The molecule has 0 aliphatic carbocycles. The summed E-state index contributed by atoms with van der Waals surface area (Å²) in [6.45, 7) is 5.52. The molecule has 0 amide bonds. The lowest BCUT2D eigenvalue weighted by molar-refractivity contribution is 0.384. The van der Waals surface area contributed by atoms with Crippen LogP contribution >= 0.6 is 0 Å². The highest BCUT2D eigenvalue weighted by Gasteiger charge is 2.18. The summed E-state index contributed by atoms with van der Waals surface area (Å²) in [5.74, 6) is 0.667. The van der Waals surface area contributed by atoms with E-state index in [1.165, 1.54) is 12.4 Å². The minimum absolute atomic E-state index is 0.0129. The average Bonchev–Trinajstić information content (AvgIpc) is 2.17. The van der Waals surface area contributed by atoms with E-state index in [-0.39, 0.29) is 11.0 Å². The minimum atomic E-state index is -0.141. The number of nitrogens with two attached hydrogens (primary N) is 1. The van der Waals surface area contributed by atoms with Crippen molar-refractivity contribution >= 4 is 5.82 Å². The fourth-order valence-electron chi connectivity index (χ4n) is 1.35. The van der Waals surface area contributed by atoms with Gasteiger partial charge in [0.15, 0.2) is 0 Å². The van der Waals surface area contributed by atoms with E-state index >= 15 is 0 Å². The van der Waals surface area contributed by atoms with Gasteiger partial charge in [0.05, 0.1) is 6.33 Å². The van der Waals surface area contributed by atoms with E-state index in [2.05, 4.69) is 23.8 Å². The number of H-pyrrole nitrogens is 1. The molecule has 0 fully saturated rings. The number of aromatic amines is 1. The van der Waals surface area contributed by atoms with Crippen molar-refractivity contribution < 1.29 is 0 Å². The molecule has 84 valence electrons. The Hall–Kier alpha value is -1.36. The van der Waals surface area contributed by atoms with E-state index in [9.17, 15) is 4.79 Å². The molecule has 5 heteroatoms. The van der Waals surface area contributed by atoms with Crippen molar-refractivity contribution in [2.24, 2.45) is 11.1 Å². The summed E-state index contributed by atoms with van der Waals surface area (Å²) in [5, 5.41) is 0. The van der Waals surface area contributed by atoms with Crippen molar-refractivity contribution in [3.8, 4) is 0 Å². The monoisotopic (exact) mass is 210 g/mol. The third kappa shape index (κ3) is 3.36. The van der Waals surface area contributed by atoms with Gasteiger partial charge in [0.25, 0.3) is 5.56 Å². The molecule has 0 aliphatic heterocycles. The van der Waals surface area contributed by atoms with Crippen molar-refractivity contribution in [3.63, 3.8) is 0 Å². The smallest absolute Gasteiger partial charge is 0.252 e. The van der Waals surface area contributed by atoms with Gasteiger partial charge in [-0.1, -0.05) is 13.8 Å². The molecule has 1 aromatic rings. The third-order valence-corrected chi connectivity index (χ3v) is 2.27. The molecule has 0 saturated heterocycles. The summed E-state index contributed by atoms with van der Waals surface area (Å²) < 4.78 is 0. The Morgan fingerprint density at radius 2 is 2.27 bits per heavy atom. The van der Waals surface area contributed by atoms with Gasteiger partial charge in [-0.25, -0.2) is 4.98 Å². The molecule has 0 atom stereocenters. The number of rotatable bonds is 4. The first-order valence-corrected chi connectivity index (χ1v) is 4.90. The highest BCUT2D eigenvalue weighted by atomic mass is 16.1. The van der Waals surface area contributed by atoms with Crippen LogP contribution in [-0.2, 0) is 0 Å². The fourth-order valence-corrected chi connectivity index (χ4v) is 1.35. The maximum atomic E-state index is 11.1. The number of aromatic nitrogens is 2. The first-order chi connectivity index (χ1) is 6.94. The molecule has 0 aliphatic rings. The molecule has 1 rings (SSSR count). The van der Waals surface area contributed by atoms with Crippen LogP contribution in [0, 0.1) is 5.41 Å². The third-order valence-electron chi connectivity index (χ3n) is 2.27. The quantitative estimate of drug-likeness (QED) is 0.744. The van der Waals surface area contributed by atoms with Crippen molar-refractivity contribution in [2.45, 2.75) is 13.8 Å². The van der Waals surface area contributed by atoms with Crippen LogP contribution in [0.2, 0.25) is 0 Å². The average molecular weight is 210 g/mol. The summed E-state index contributed by atoms with van der Waals surface area (Å²) in [6, 6.07) is 1.48. The van der Waals surface area contributed by atoms with Gasteiger partial charge in [-0.15, -0.1) is 0 Å². The zero-order valence-corrected chi connectivity index (χ0v) is 9.45. The summed E-state index contributed by atoms with van der Waals surface area (Å²) >= 11 is 0. The van der Waals surface area contributed by atoms with Crippen LogP contribution < -0.4 is 16.2 Å². The minimum Gasteiger partial charge on any atom is -0.359 e. The predicted molar refractivity (Wildman–Crippen MR) is 61.0 cm³/mol. The van der Waals surface area contributed by atoms with E-state index < -0.39 is 0 Å². The van der Waals surface area contributed by atoms with Crippen LogP contribution in [0.5, 0.6) is 0 Å². The van der Waals surface area contributed by atoms with Crippen molar-refractivity contribution in [2.75, 3.05) is 25.0 Å². The lowest BCUT2D eigenvalue weighted by atomic mass is 9.93. The van der Waals surface area contributed by atoms with Gasteiger partial charge in [0.2, 0.25) is 0 Å². The SMILES string of the molecule is CN(CC(C)(C)CN)c1cc(=O)[nH]cn1. The zero-order valence-electron chi connectivity index (χ0n) is 9.45. The Bertz CT molecular complexity index is 372. The molecular formula is C10H18N4O. The maximum absolute atomic E-state index is 11.1. The lowest BCUT2D eigenvalue weighted by Crippen LogP contribution is -2.37. The molecule has 1 aromatic heterocycles. The van der Waals surface area contributed by atoms with Crippen LogP contribution in [0.4, 0.5) is 5.82 Å². The molecule has 0 bridgehead atoms. The second-order valence-corrected chi connectivity index (χ2v) is 4.49. The van der Waals surface area contributed by atoms with Crippen molar-refractivity contribution in [3.05, 3.63) is 22.7 Å². The van der Waals surface area contributed by atoms with E-state index in [0.717, 1.165) is 6.54 Å². The summed E-state index contributed by atoms with van der Waals surface area (Å²) in [6.07, 6.45) is 1.41. The van der Waals surface area contributed by atoms with Gasteiger partial charge < -0.3 is 15.6 Å². The number of hydrogen-bond acceptors (Lipinski definition) is 4. The van der Waals surface area contributed by atoms with Gasteiger partial charge in [0.1, 0.15) is 5.82 Å². The molecular weight excluding hydrogens is 192 g/mol. The lowest BCUT2D eigenvalue weighted by Gasteiger charge is -2.29. The second-order valence-electron chi connectivity index (χ2n) is 4.49. The van der Waals surface area contributed by atoms with Gasteiger partial charge in [-0.2, -0.15) is 0 Å². The van der Waals surface area contributed by atoms with Crippen molar-refractivity contribution in [1.82, 2.24) is 9.97 Å². The van der Waals surface area contributed by atoms with Gasteiger partial charge in [0, 0.05) is 19.7 Å². The first-order valence-electron chi connectivity index (χ1n) is 4.90. The van der Waals surface area contributed by atoms with Crippen LogP contribution in [0.1, 0.15) is 13.8 Å². The molecule has 0 radical (unpaired) electrons. The van der Waals surface area contributed by atoms with E-state index in [0.29, 0.717) is 12.4 Å². The fraction of sp³-hybridized carbons (Fsp3) is 0.600. The Morgan fingerprint density at radius 1 is 1.60 bits per heavy atom. The normalized spacial score (nSPS) is 11.5. The van der Waals surface area contributed by atoms with Gasteiger partial charge in [-0.3, -0.25) is 4.79 Å². The summed E-state index contributed by atoms with van der Waals surface area (Å²) in [7, 11) is 1.90.